The normalized spacial score (nSPS) is 19.3. The van der Waals surface area contributed by atoms with Crippen molar-refractivity contribution in [3.63, 3.8) is 0 Å². The third-order valence-electron chi connectivity index (χ3n) is 4.08. The van der Waals surface area contributed by atoms with Crippen LogP contribution in [0.5, 0.6) is 0 Å². The smallest absolute Gasteiger partial charge is 0.246 e. The van der Waals surface area contributed by atoms with Crippen LogP contribution >= 0.6 is 0 Å². The number of aromatic nitrogens is 2. The van der Waals surface area contributed by atoms with E-state index in [2.05, 4.69) is 35.8 Å². The quantitative estimate of drug-likeness (QED) is 0.756. The number of ether oxygens (including phenoxy) is 1. The van der Waals surface area contributed by atoms with Crippen molar-refractivity contribution in [2.45, 2.75) is 58.7 Å². The number of rotatable bonds is 7. The highest BCUT2D eigenvalue weighted by molar-refractivity contribution is 5.76. The first-order chi connectivity index (χ1) is 11.0. The lowest BCUT2D eigenvalue weighted by atomic mass is 10.1. The Labute approximate surface area is 138 Å². The minimum absolute atomic E-state index is 0.0378. The predicted octanol–water partition coefficient (Wildman–Crippen LogP) is 1.48. The van der Waals surface area contributed by atoms with Crippen molar-refractivity contribution in [1.82, 2.24) is 19.9 Å². The summed E-state index contributed by atoms with van der Waals surface area (Å²) >= 11 is 0. The minimum Gasteiger partial charge on any atom is -0.375 e. The third kappa shape index (κ3) is 5.28. The minimum atomic E-state index is -0.0422. The van der Waals surface area contributed by atoms with E-state index in [0.717, 1.165) is 25.9 Å². The van der Waals surface area contributed by atoms with E-state index >= 15 is 0 Å². The fourth-order valence-corrected chi connectivity index (χ4v) is 2.66. The van der Waals surface area contributed by atoms with Gasteiger partial charge in [-0.05, 0) is 20.3 Å². The predicted molar refractivity (Wildman–Crippen MR) is 85.8 cm³/mol. The van der Waals surface area contributed by atoms with Crippen LogP contribution in [0.25, 0.3) is 0 Å². The molecular formula is C16H28N4O3. The van der Waals surface area contributed by atoms with Crippen LogP contribution in [-0.4, -0.2) is 64.7 Å². The number of nitrogens with zero attached hydrogens (tertiary/aromatic N) is 4. The van der Waals surface area contributed by atoms with Crippen LogP contribution < -0.4 is 0 Å². The molecule has 2 heterocycles. The molecule has 0 N–H and O–H groups in total. The van der Waals surface area contributed by atoms with Crippen molar-refractivity contribution in [1.29, 1.82) is 0 Å². The van der Waals surface area contributed by atoms with E-state index in [1.165, 1.54) is 0 Å². The van der Waals surface area contributed by atoms with Crippen molar-refractivity contribution in [2.24, 2.45) is 0 Å². The second kappa shape index (κ2) is 8.40. The molecule has 1 saturated heterocycles. The van der Waals surface area contributed by atoms with Crippen LogP contribution in [0.2, 0.25) is 0 Å². The highest BCUT2D eigenvalue weighted by atomic mass is 16.5. The Bertz CT molecular complexity index is 503. The van der Waals surface area contributed by atoms with Gasteiger partial charge in [-0.2, -0.15) is 4.98 Å². The summed E-state index contributed by atoms with van der Waals surface area (Å²) in [5, 5.41) is 3.91. The lowest BCUT2D eigenvalue weighted by Crippen LogP contribution is -2.47. The maximum atomic E-state index is 12.4. The molecule has 0 aliphatic carbocycles. The molecule has 23 heavy (non-hydrogen) atoms. The van der Waals surface area contributed by atoms with Crippen LogP contribution in [0.15, 0.2) is 4.52 Å². The average molecular weight is 324 g/mol. The second-order valence-corrected chi connectivity index (χ2v) is 6.39. The Morgan fingerprint density at radius 2 is 2.26 bits per heavy atom. The van der Waals surface area contributed by atoms with Crippen molar-refractivity contribution in [3.05, 3.63) is 11.7 Å². The Hall–Kier alpha value is -1.47. The number of carbonyl (C=O) groups excluding carboxylic acids is 1. The van der Waals surface area contributed by atoms with Gasteiger partial charge >= 0.3 is 0 Å². The fraction of sp³-hybridized carbons (Fsp3) is 0.812. The molecule has 0 unspecified atom stereocenters. The first kappa shape index (κ1) is 17.9. The van der Waals surface area contributed by atoms with Gasteiger partial charge in [0.25, 0.3) is 0 Å². The number of hydrogen-bond donors (Lipinski definition) is 0. The Kier molecular flexibility index (Phi) is 6.53. The molecule has 1 aromatic heterocycles. The molecule has 130 valence electrons. The summed E-state index contributed by atoms with van der Waals surface area (Å²) in [4.78, 5) is 20.6. The summed E-state index contributed by atoms with van der Waals surface area (Å²) in [5.41, 5.74) is 0. The van der Waals surface area contributed by atoms with Crippen molar-refractivity contribution < 1.29 is 14.1 Å². The molecule has 0 saturated carbocycles. The molecule has 0 radical (unpaired) electrons. The third-order valence-corrected chi connectivity index (χ3v) is 4.08. The molecule has 1 fully saturated rings. The van der Waals surface area contributed by atoms with Crippen LogP contribution in [0, 0.1) is 0 Å². The summed E-state index contributed by atoms with van der Waals surface area (Å²) < 4.78 is 10.9. The van der Waals surface area contributed by atoms with Crippen molar-refractivity contribution in [2.75, 3.05) is 26.7 Å². The van der Waals surface area contributed by atoms with Crippen LogP contribution in [0.1, 0.15) is 45.3 Å². The highest BCUT2D eigenvalue weighted by Gasteiger charge is 2.26. The summed E-state index contributed by atoms with van der Waals surface area (Å²) in [5.74, 6) is 1.22. The number of carbonyl (C=O) groups is 1. The van der Waals surface area contributed by atoms with Crippen LogP contribution in [-0.2, 0) is 22.5 Å². The van der Waals surface area contributed by atoms with E-state index in [-0.39, 0.29) is 12.0 Å². The van der Waals surface area contributed by atoms with Gasteiger partial charge in [-0.1, -0.05) is 12.1 Å². The van der Waals surface area contributed by atoms with Crippen LogP contribution in [0.4, 0.5) is 0 Å². The molecule has 0 spiro atoms. The molecule has 0 bridgehead atoms. The van der Waals surface area contributed by atoms with Gasteiger partial charge in [0.2, 0.25) is 11.8 Å². The van der Waals surface area contributed by atoms with Gasteiger partial charge in [0.15, 0.2) is 5.82 Å². The van der Waals surface area contributed by atoms with E-state index in [4.69, 9.17) is 9.26 Å². The Morgan fingerprint density at radius 3 is 2.96 bits per heavy atom. The lowest BCUT2D eigenvalue weighted by molar-refractivity contribution is -0.136. The SMILES string of the molecule is CCCc1noc(CN(C)C(=O)C[C@H]2CN(C(C)C)CCO2)n1. The summed E-state index contributed by atoms with van der Waals surface area (Å²) in [6.45, 7) is 9.16. The summed E-state index contributed by atoms with van der Waals surface area (Å²) in [6.07, 6.45) is 2.11. The van der Waals surface area contributed by atoms with Gasteiger partial charge < -0.3 is 14.2 Å². The second-order valence-electron chi connectivity index (χ2n) is 6.39. The molecule has 1 aromatic rings. The van der Waals surface area contributed by atoms with Gasteiger partial charge in [0.1, 0.15) is 0 Å². The van der Waals surface area contributed by atoms with Gasteiger partial charge in [0.05, 0.1) is 25.7 Å². The number of amides is 1. The number of hydrogen-bond acceptors (Lipinski definition) is 6. The van der Waals surface area contributed by atoms with Gasteiger partial charge in [0, 0.05) is 32.6 Å². The number of morpholine rings is 1. The number of aryl methyl sites for hydroxylation is 1. The van der Waals surface area contributed by atoms with Crippen molar-refractivity contribution in [3.8, 4) is 0 Å². The zero-order valence-corrected chi connectivity index (χ0v) is 14.6. The Morgan fingerprint density at radius 1 is 1.48 bits per heavy atom. The molecule has 1 aliphatic rings. The van der Waals surface area contributed by atoms with E-state index in [0.29, 0.717) is 37.3 Å². The lowest BCUT2D eigenvalue weighted by Gasteiger charge is -2.35. The van der Waals surface area contributed by atoms with Gasteiger partial charge in [-0.25, -0.2) is 0 Å². The standard InChI is InChI=1S/C16H28N4O3/c1-5-6-14-17-15(23-18-14)11-19(4)16(21)9-13-10-20(12(2)3)7-8-22-13/h12-13H,5-11H2,1-4H3/t13-/m0/s1. The van der Waals surface area contributed by atoms with E-state index < -0.39 is 0 Å². The molecule has 7 nitrogen and oxygen atoms in total. The fourth-order valence-electron chi connectivity index (χ4n) is 2.66. The maximum absolute atomic E-state index is 12.4. The first-order valence-electron chi connectivity index (χ1n) is 8.40. The van der Waals surface area contributed by atoms with E-state index in [9.17, 15) is 4.79 Å². The van der Waals surface area contributed by atoms with E-state index in [1.807, 2.05) is 0 Å². The van der Waals surface area contributed by atoms with Gasteiger partial charge in [-0.15, -0.1) is 0 Å². The largest absolute Gasteiger partial charge is 0.375 e. The Balaban J connectivity index is 1.82. The topological polar surface area (TPSA) is 71.7 Å². The van der Waals surface area contributed by atoms with Crippen LogP contribution in [0.3, 0.4) is 0 Å². The van der Waals surface area contributed by atoms with E-state index in [1.54, 1.807) is 11.9 Å². The monoisotopic (exact) mass is 324 g/mol. The van der Waals surface area contributed by atoms with Crippen molar-refractivity contribution >= 4 is 5.91 Å². The summed E-state index contributed by atoms with van der Waals surface area (Å²) in [7, 11) is 1.76. The zero-order valence-electron chi connectivity index (χ0n) is 14.6. The first-order valence-corrected chi connectivity index (χ1v) is 8.40. The molecule has 7 heteroatoms. The molecular weight excluding hydrogens is 296 g/mol. The molecule has 1 aliphatic heterocycles. The molecule has 1 atom stereocenters. The zero-order chi connectivity index (χ0) is 16.8. The highest BCUT2D eigenvalue weighted by Crippen LogP contribution is 2.13. The molecule has 1 amide bonds. The molecule has 2 rings (SSSR count). The molecule has 0 aromatic carbocycles. The van der Waals surface area contributed by atoms with Gasteiger partial charge in [-0.3, -0.25) is 9.69 Å². The average Bonchev–Trinajstić information content (AvgIpc) is 2.95. The maximum Gasteiger partial charge on any atom is 0.246 e. The summed E-state index contributed by atoms with van der Waals surface area (Å²) in [6, 6.07) is 0.476.